The molecule has 5 heteroatoms. The van der Waals surface area contributed by atoms with Gasteiger partial charge in [0.2, 0.25) is 0 Å². The van der Waals surface area contributed by atoms with E-state index in [1.165, 1.54) is 0 Å². The predicted octanol–water partition coefficient (Wildman–Crippen LogP) is 2.68. The fourth-order valence-electron chi connectivity index (χ4n) is 2.02. The summed E-state index contributed by atoms with van der Waals surface area (Å²) in [5.74, 6) is 2.09. The molecule has 0 aliphatic rings. The van der Waals surface area contributed by atoms with Gasteiger partial charge in [-0.2, -0.15) is 0 Å². The second kappa shape index (κ2) is 8.74. The van der Waals surface area contributed by atoms with E-state index in [1.54, 1.807) is 6.33 Å². The van der Waals surface area contributed by atoms with Crippen molar-refractivity contribution in [3.8, 4) is 0 Å². The number of hydrogen-bond acceptors (Lipinski definition) is 5. The molecule has 3 N–H and O–H groups in total. The van der Waals surface area contributed by atoms with Crippen LogP contribution in [0.5, 0.6) is 0 Å². The third-order valence-corrected chi connectivity index (χ3v) is 3.31. The third-order valence-electron chi connectivity index (χ3n) is 3.31. The van der Waals surface area contributed by atoms with Crippen LogP contribution in [0.15, 0.2) is 6.33 Å². The summed E-state index contributed by atoms with van der Waals surface area (Å²) in [6, 6.07) is 0.0135. The van der Waals surface area contributed by atoms with Crippen LogP contribution in [0.3, 0.4) is 0 Å². The summed E-state index contributed by atoms with van der Waals surface area (Å²) in [4.78, 5) is 8.71. The molecular weight excluding hydrogens is 252 g/mol. The standard InChI is InChI=1S/C15H28N4O/c1-5-7-12-14(16-8-6-2)17-10-18-15(12)19-13(9-20)11(3)4/h10-11,13,20H,5-9H2,1-4H3,(H2,16,17,18,19)/t13-/m1/s1. The van der Waals surface area contributed by atoms with Crippen LogP contribution in [-0.2, 0) is 6.42 Å². The molecule has 20 heavy (non-hydrogen) atoms. The van der Waals surface area contributed by atoms with E-state index in [9.17, 15) is 5.11 Å². The molecule has 0 saturated carbocycles. The number of nitrogens with one attached hydrogen (secondary N) is 2. The lowest BCUT2D eigenvalue weighted by Gasteiger charge is -2.23. The lowest BCUT2D eigenvalue weighted by Crippen LogP contribution is -2.30. The minimum atomic E-state index is 0.0135. The average Bonchev–Trinajstić information content (AvgIpc) is 2.44. The molecule has 5 nitrogen and oxygen atoms in total. The van der Waals surface area contributed by atoms with Crippen molar-refractivity contribution in [1.82, 2.24) is 9.97 Å². The second-order valence-corrected chi connectivity index (χ2v) is 5.40. The van der Waals surface area contributed by atoms with Gasteiger partial charge in [-0.3, -0.25) is 0 Å². The molecule has 0 radical (unpaired) electrons. The van der Waals surface area contributed by atoms with E-state index in [4.69, 9.17) is 0 Å². The van der Waals surface area contributed by atoms with Gasteiger partial charge in [-0.25, -0.2) is 9.97 Å². The fourth-order valence-corrected chi connectivity index (χ4v) is 2.02. The van der Waals surface area contributed by atoms with Crippen molar-refractivity contribution in [3.63, 3.8) is 0 Å². The van der Waals surface area contributed by atoms with Crippen molar-refractivity contribution < 1.29 is 5.11 Å². The number of aromatic nitrogens is 2. The molecule has 1 heterocycles. The highest BCUT2D eigenvalue weighted by Gasteiger charge is 2.16. The third kappa shape index (κ3) is 4.63. The zero-order valence-electron chi connectivity index (χ0n) is 13.1. The maximum Gasteiger partial charge on any atom is 0.135 e. The Bertz CT molecular complexity index is 395. The molecule has 0 aliphatic heterocycles. The second-order valence-electron chi connectivity index (χ2n) is 5.40. The predicted molar refractivity (Wildman–Crippen MR) is 84.1 cm³/mol. The van der Waals surface area contributed by atoms with Gasteiger partial charge in [-0.15, -0.1) is 0 Å². The van der Waals surface area contributed by atoms with Crippen LogP contribution < -0.4 is 10.6 Å². The molecule has 0 amide bonds. The first-order valence-corrected chi connectivity index (χ1v) is 7.59. The van der Waals surface area contributed by atoms with Gasteiger partial charge in [-0.05, 0) is 18.8 Å². The maximum atomic E-state index is 9.47. The molecule has 114 valence electrons. The number of aliphatic hydroxyl groups is 1. The Hall–Kier alpha value is -1.36. The van der Waals surface area contributed by atoms with Crippen molar-refractivity contribution in [3.05, 3.63) is 11.9 Å². The van der Waals surface area contributed by atoms with E-state index in [1.807, 2.05) is 0 Å². The molecular formula is C15H28N4O. The topological polar surface area (TPSA) is 70.1 Å². The number of hydrogen-bond donors (Lipinski definition) is 3. The summed E-state index contributed by atoms with van der Waals surface area (Å²) in [6.07, 6.45) is 4.59. The normalized spacial score (nSPS) is 12.5. The van der Waals surface area contributed by atoms with E-state index in [0.717, 1.165) is 43.0 Å². The van der Waals surface area contributed by atoms with Gasteiger partial charge in [0.05, 0.1) is 12.6 Å². The maximum absolute atomic E-state index is 9.47. The van der Waals surface area contributed by atoms with Crippen LogP contribution in [0.1, 0.15) is 46.1 Å². The van der Waals surface area contributed by atoms with Gasteiger partial charge in [-0.1, -0.05) is 34.1 Å². The Morgan fingerprint density at radius 2 is 1.85 bits per heavy atom. The number of aliphatic hydroxyl groups excluding tert-OH is 1. The zero-order valence-corrected chi connectivity index (χ0v) is 13.1. The van der Waals surface area contributed by atoms with E-state index < -0.39 is 0 Å². The summed E-state index contributed by atoms with van der Waals surface area (Å²) >= 11 is 0. The summed E-state index contributed by atoms with van der Waals surface area (Å²) in [5, 5.41) is 16.2. The van der Waals surface area contributed by atoms with Gasteiger partial charge in [0.25, 0.3) is 0 Å². The SMILES string of the molecule is CCCNc1ncnc(N[C@H](CO)C(C)C)c1CCC. The van der Waals surface area contributed by atoms with Crippen LogP contribution >= 0.6 is 0 Å². The average molecular weight is 280 g/mol. The number of rotatable bonds is 9. The van der Waals surface area contributed by atoms with Gasteiger partial charge < -0.3 is 15.7 Å². The highest BCUT2D eigenvalue weighted by Crippen LogP contribution is 2.23. The molecule has 0 saturated heterocycles. The number of anilines is 2. The minimum absolute atomic E-state index is 0.0135. The monoisotopic (exact) mass is 280 g/mol. The van der Waals surface area contributed by atoms with Crippen LogP contribution in [0.25, 0.3) is 0 Å². The van der Waals surface area contributed by atoms with E-state index in [2.05, 4.69) is 48.3 Å². The van der Waals surface area contributed by atoms with Crippen molar-refractivity contribution >= 4 is 11.6 Å². The van der Waals surface area contributed by atoms with Gasteiger partial charge >= 0.3 is 0 Å². The smallest absolute Gasteiger partial charge is 0.135 e. The molecule has 0 aromatic carbocycles. The van der Waals surface area contributed by atoms with Crippen LogP contribution in [-0.4, -0.2) is 34.3 Å². The van der Waals surface area contributed by atoms with Crippen molar-refractivity contribution in [2.24, 2.45) is 5.92 Å². The van der Waals surface area contributed by atoms with E-state index in [0.29, 0.717) is 5.92 Å². The lowest BCUT2D eigenvalue weighted by atomic mass is 10.0. The molecule has 0 unspecified atom stereocenters. The quantitative estimate of drug-likeness (QED) is 0.649. The Labute approximate surface area is 122 Å². The molecule has 0 fully saturated rings. The van der Waals surface area contributed by atoms with Crippen molar-refractivity contribution in [2.75, 3.05) is 23.8 Å². The molecule has 1 aromatic rings. The molecule has 0 bridgehead atoms. The molecule has 1 atom stereocenters. The summed E-state index contributed by atoms with van der Waals surface area (Å²) in [6.45, 7) is 9.46. The summed E-state index contributed by atoms with van der Waals surface area (Å²) in [5.41, 5.74) is 1.11. The highest BCUT2D eigenvalue weighted by atomic mass is 16.3. The molecule has 1 aromatic heterocycles. The molecule has 0 aliphatic carbocycles. The molecule has 1 rings (SSSR count). The van der Waals surface area contributed by atoms with Crippen LogP contribution in [0.4, 0.5) is 11.6 Å². The molecule has 0 spiro atoms. The van der Waals surface area contributed by atoms with E-state index >= 15 is 0 Å². The lowest BCUT2D eigenvalue weighted by molar-refractivity contribution is 0.249. The largest absolute Gasteiger partial charge is 0.394 e. The Morgan fingerprint density at radius 1 is 1.15 bits per heavy atom. The van der Waals surface area contributed by atoms with Crippen molar-refractivity contribution in [2.45, 2.75) is 53.0 Å². The Kier molecular flexibility index (Phi) is 7.30. The van der Waals surface area contributed by atoms with E-state index in [-0.39, 0.29) is 12.6 Å². The van der Waals surface area contributed by atoms with Gasteiger partial charge in [0.15, 0.2) is 0 Å². The summed E-state index contributed by atoms with van der Waals surface area (Å²) in [7, 11) is 0. The fraction of sp³-hybridized carbons (Fsp3) is 0.733. The zero-order chi connectivity index (χ0) is 15.0. The van der Waals surface area contributed by atoms with Crippen molar-refractivity contribution in [1.29, 1.82) is 0 Å². The first kappa shape index (κ1) is 16.7. The van der Waals surface area contributed by atoms with Crippen LogP contribution in [0, 0.1) is 5.92 Å². The van der Waals surface area contributed by atoms with Crippen LogP contribution in [0.2, 0.25) is 0 Å². The van der Waals surface area contributed by atoms with Gasteiger partial charge in [0, 0.05) is 12.1 Å². The first-order valence-electron chi connectivity index (χ1n) is 7.59. The highest BCUT2D eigenvalue weighted by molar-refractivity contribution is 5.57. The first-order chi connectivity index (χ1) is 9.63. The number of nitrogens with zero attached hydrogens (tertiary/aromatic N) is 2. The minimum Gasteiger partial charge on any atom is -0.394 e. The Morgan fingerprint density at radius 3 is 2.40 bits per heavy atom. The summed E-state index contributed by atoms with van der Waals surface area (Å²) < 4.78 is 0. The Balaban J connectivity index is 2.98. The van der Waals surface area contributed by atoms with Gasteiger partial charge in [0.1, 0.15) is 18.0 Å².